The van der Waals surface area contributed by atoms with E-state index in [2.05, 4.69) is 31.1 Å². The molecule has 0 radical (unpaired) electrons. The van der Waals surface area contributed by atoms with E-state index >= 15 is 0 Å². The Bertz CT molecular complexity index is 849. The molecule has 10 nitrogen and oxygen atoms in total. The molecule has 1 aliphatic heterocycles. The molecule has 2 N–H and O–H groups in total. The molecule has 26 heavy (non-hydrogen) atoms. The van der Waals surface area contributed by atoms with Crippen LogP contribution in [0.3, 0.4) is 0 Å². The van der Waals surface area contributed by atoms with Crippen molar-refractivity contribution in [1.29, 1.82) is 0 Å². The van der Waals surface area contributed by atoms with E-state index in [1.807, 2.05) is 0 Å². The highest BCUT2D eigenvalue weighted by molar-refractivity contribution is 5.91. The highest BCUT2D eigenvalue weighted by atomic mass is 16.5. The lowest BCUT2D eigenvalue weighted by atomic mass is 10.00. The number of nitrogens with one attached hydrogen (secondary N) is 2. The summed E-state index contributed by atoms with van der Waals surface area (Å²) in [5.74, 6) is 1.29. The summed E-state index contributed by atoms with van der Waals surface area (Å²) in [7, 11) is 0. The molecule has 4 rings (SSSR count). The Morgan fingerprint density at radius 1 is 1.46 bits per heavy atom. The first-order valence-corrected chi connectivity index (χ1v) is 8.53. The highest BCUT2D eigenvalue weighted by Crippen LogP contribution is 2.17. The fourth-order valence-corrected chi connectivity index (χ4v) is 2.91. The lowest BCUT2D eigenvalue weighted by molar-refractivity contribution is 0.0944. The van der Waals surface area contributed by atoms with Crippen LogP contribution < -0.4 is 10.6 Å². The third-order valence-corrected chi connectivity index (χ3v) is 4.22. The standard InChI is InChI=1S/C16H19N7O3/c24-15(12-10-23(22-20-12)9-11-3-1-5-17-7-11)18-8-14-19-16(26-21-14)13-4-2-6-25-13/h2,4,6,10-11,17H,1,3,5,7-9H2,(H,18,24)/t11-/m1/s1. The second-order valence-electron chi connectivity index (χ2n) is 6.21. The molecule has 1 saturated heterocycles. The number of nitrogens with zero attached hydrogens (tertiary/aromatic N) is 5. The third kappa shape index (κ3) is 3.80. The summed E-state index contributed by atoms with van der Waals surface area (Å²) >= 11 is 0. The third-order valence-electron chi connectivity index (χ3n) is 4.22. The predicted octanol–water partition coefficient (Wildman–Crippen LogP) is 0.851. The maximum atomic E-state index is 12.2. The Hall–Kier alpha value is -3.01. The van der Waals surface area contributed by atoms with Gasteiger partial charge >= 0.3 is 0 Å². The molecule has 0 saturated carbocycles. The molecule has 0 aliphatic carbocycles. The molecule has 0 unspecified atom stereocenters. The van der Waals surface area contributed by atoms with Gasteiger partial charge in [0, 0.05) is 6.54 Å². The molecule has 3 aromatic heterocycles. The summed E-state index contributed by atoms with van der Waals surface area (Å²) in [6.07, 6.45) is 5.50. The van der Waals surface area contributed by atoms with E-state index in [0.29, 0.717) is 17.5 Å². The van der Waals surface area contributed by atoms with Crippen LogP contribution in [0, 0.1) is 5.92 Å². The van der Waals surface area contributed by atoms with E-state index in [4.69, 9.17) is 8.94 Å². The number of aromatic nitrogens is 5. The van der Waals surface area contributed by atoms with Gasteiger partial charge in [-0.2, -0.15) is 4.98 Å². The second kappa shape index (κ2) is 7.48. The number of piperidine rings is 1. The van der Waals surface area contributed by atoms with Crippen LogP contribution in [-0.4, -0.2) is 44.1 Å². The number of amides is 1. The Kier molecular flexibility index (Phi) is 4.73. The Labute approximate surface area is 148 Å². The van der Waals surface area contributed by atoms with Crippen molar-refractivity contribution in [2.75, 3.05) is 13.1 Å². The van der Waals surface area contributed by atoms with Crippen molar-refractivity contribution in [2.24, 2.45) is 5.92 Å². The molecule has 1 fully saturated rings. The van der Waals surface area contributed by atoms with Crippen molar-refractivity contribution in [3.63, 3.8) is 0 Å². The Balaban J connectivity index is 1.31. The number of hydrogen-bond donors (Lipinski definition) is 2. The van der Waals surface area contributed by atoms with Gasteiger partial charge in [0.15, 0.2) is 17.3 Å². The predicted molar refractivity (Wildman–Crippen MR) is 88.8 cm³/mol. The van der Waals surface area contributed by atoms with Gasteiger partial charge < -0.3 is 19.6 Å². The molecule has 0 spiro atoms. The fraction of sp³-hybridized carbons (Fsp3) is 0.438. The van der Waals surface area contributed by atoms with Gasteiger partial charge in [-0.25, -0.2) is 0 Å². The molecule has 0 bridgehead atoms. The molecular formula is C16H19N7O3. The Morgan fingerprint density at radius 2 is 2.42 bits per heavy atom. The van der Waals surface area contributed by atoms with Gasteiger partial charge in [-0.15, -0.1) is 5.10 Å². The summed E-state index contributed by atoms with van der Waals surface area (Å²) in [5, 5.41) is 17.9. The zero-order valence-electron chi connectivity index (χ0n) is 14.1. The van der Waals surface area contributed by atoms with Crippen molar-refractivity contribution < 1.29 is 13.7 Å². The van der Waals surface area contributed by atoms with Crippen LogP contribution in [0.5, 0.6) is 0 Å². The fourth-order valence-electron chi connectivity index (χ4n) is 2.91. The molecule has 1 aliphatic rings. The molecule has 4 heterocycles. The number of rotatable bonds is 6. The van der Waals surface area contributed by atoms with E-state index < -0.39 is 0 Å². The van der Waals surface area contributed by atoms with Crippen LogP contribution in [-0.2, 0) is 13.1 Å². The summed E-state index contributed by atoms with van der Waals surface area (Å²) in [4.78, 5) is 16.4. The number of carbonyl (C=O) groups excluding carboxylic acids is 1. The topological polar surface area (TPSA) is 124 Å². The zero-order chi connectivity index (χ0) is 17.8. The molecular weight excluding hydrogens is 338 g/mol. The van der Waals surface area contributed by atoms with Crippen LogP contribution in [0.2, 0.25) is 0 Å². The number of carbonyl (C=O) groups is 1. The van der Waals surface area contributed by atoms with Gasteiger partial charge in [0.2, 0.25) is 0 Å². The molecule has 136 valence electrons. The zero-order valence-corrected chi connectivity index (χ0v) is 14.1. The highest BCUT2D eigenvalue weighted by Gasteiger charge is 2.17. The largest absolute Gasteiger partial charge is 0.459 e. The van der Waals surface area contributed by atoms with Gasteiger partial charge in [-0.05, 0) is 44.0 Å². The smallest absolute Gasteiger partial charge is 0.293 e. The monoisotopic (exact) mass is 357 g/mol. The lowest BCUT2D eigenvalue weighted by Gasteiger charge is -2.22. The van der Waals surface area contributed by atoms with Crippen LogP contribution in [0.1, 0.15) is 29.2 Å². The Morgan fingerprint density at radius 3 is 3.23 bits per heavy atom. The van der Waals surface area contributed by atoms with Crippen molar-refractivity contribution in [3.8, 4) is 11.7 Å². The van der Waals surface area contributed by atoms with E-state index in [0.717, 1.165) is 32.5 Å². The molecule has 0 aromatic carbocycles. The average Bonchev–Trinajstić information content (AvgIpc) is 3.41. The van der Waals surface area contributed by atoms with E-state index in [1.54, 1.807) is 23.0 Å². The minimum absolute atomic E-state index is 0.127. The van der Waals surface area contributed by atoms with Crippen LogP contribution in [0.4, 0.5) is 0 Å². The summed E-state index contributed by atoms with van der Waals surface area (Å²) in [6, 6.07) is 3.45. The van der Waals surface area contributed by atoms with Gasteiger partial charge in [0.25, 0.3) is 11.8 Å². The summed E-state index contributed by atoms with van der Waals surface area (Å²) in [6.45, 7) is 2.92. The molecule has 1 atom stereocenters. The molecule has 1 amide bonds. The van der Waals surface area contributed by atoms with E-state index in [-0.39, 0.29) is 24.0 Å². The van der Waals surface area contributed by atoms with E-state index in [1.165, 1.54) is 6.26 Å². The first-order valence-electron chi connectivity index (χ1n) is 8.53. The molecule has 3 aromatic rings. The van der Waals surface area contributed by atoms with Crippen molar-refractivity contribution in [3.05, 3.63) is 36.1 Å². The minimum Gasteiger partial charge on any atom is -0.459 e. The summed E-state index contributed by atoms with van der Waals surface area (Å²) < 4.78 is 12.0. The lowest BCUT2D eigenvalue weighted by Crippen LogP contribution is -2.32. The maximum Gasteiger partial charge on any atom is 0.293 e. The van der Waals surface area contributed by atoms with Crippen molar-refractivity contribution >= 4 is 5.91 Å². The van der Waals surface area contributed by atoms with Crippen molar-refractivity contribution in [2.45, 2.75) is 25.9 Å². The number of furan rings is 1. The quantitative estimate of drug-likeness (QED) is 0.665. The average molecular weight is 357 g/mol. The van der Waals surface area contributed by atoms with Crippen LogP contribution in [0.15, 0.2) is 33.5 Å². The minimum atomic E-state index is -0.331. The first-order chi connectivity index (χ1) is 12.8. The molecule has 10 heteroatoms. The number of hydrogen-bond acceptors (Lipinski definition) is 8. The van der Waals surface area contributed by atoms with Gasteiger partial charge in [-0.3, -0.25) is 9.48 Å². The normalized spacial score (nSPS) is 17.3. The second-order valence-corrected chi connectivity index (χ2v) is 6.21. The summed E-state index contributed by atoms with van der Waals surface area (Å²) in [5.41, 5.74) is 0.267. The van der Waals surface area contributed by atoms with Crippen LogP contribution >= 0.6 is 0 Å². The van der Waals surface area contributed by atoms with Gasteiger partial charge in [0.05, 0.1) is 19.0 Å². The first kappa shape index (κ1) is 16.5. The van der Waals surface area contributed by atoms with Crippen LogP contribution in [0.25, 0.3) is 11.7 Å². The van der Waals surface area contributed by atoms with Crippen molar-refractivity contribution in [1.82, 2.24) is 35.8 Å². The van der Waals surface area contributed by atoms with Gasteiger partial charge in [0.1, 0.15) is 0 Å². The van der Waals surface area contributed by atoms with E-state index in [9.17, 15) is 4.79 Å². The van der Waals surface area contributed by atoms with Gasteiger partial charge in [-0.1, -0.05) is 10.4 Å². The SMILES string of the molecule is O=C(NCc1noc(-c2ccco2)n1)c1cn(C[C@@H]2CCCNC2)nn1. The maximum absolute atomic E-state index is 12.2.